The standard InChI is InChI=1S/C13H14BrNOS/c1-9(10-5-3-4-7-15-10)12(14)13-11(16-2)6-8-17-13/h3-9,12H,1-2H3. The van der Waals surface area contributed by atoms with Gasteiger partial charge >= 0.3 is 0 Å². The Hall–Kier alpha value is -0.870. The van der Waals surface area contributed by atoms with E-state index < -0.39 is 0 Å². The number of nitrogens with zero attached hydrogens (tertiary/aromatic N) is 1. The number of thiophene rings is 1. The highest BCUT2D eigenvalue weighted by Gasteiger charge is 2.23. The number of rotatable bonds is 4. The first-order chi connectivity index (χ1) is 8.24. The van der Waals surface area contributed by atoms with Gasteiger partial charge in [-0.25, -0.2) is 0 Å². The van der Waals surface area contributed by atoms with Gasteiger partial charge in [-0.15, -0.1) is 11.3 Å². The Kier molecular flexibility index (Phi) is 4.18. The average molecular weight is 312 g/mol. The zero-order chi connectivity index (χ0) is 12.3. The Bertz CT molecular complexity index is 471. The average Bonchev–Trinajstić information content (AvgIpc) is 2.86. The van der Waals surface area contributed by atoms with E-state index in [1.54, 1.807) is 18.4 Å². The summed E-state index contributed by atoms with van der Waals surface area (Å²) in [5.41, 5.74) is 1.09. The lowest BCUT2D eigenvalue weighted by atomic mass is 10.0. The van der Waals surface area contributed by atoms with E-state index in [-0.39, 0.29) is 4.83 Å². The van der Waals surface area contributed by atoms with E-state index in [1.165, 1.54) is 4.88 Å². The van der Waals surface area contributed by atoms with Crippen molar-refractivity contribution in [3.63, 3.8) is 0 Å². The maximum Gasteiger partial charge on any atom is 0.133 e. The van der Waals surface area contributed by atoms with E-state index in [2.05, 4.69) is 33.9 Å². The number of hydrogen-bond donors (Lipinski definition) is 0. The second-order valence-electron chi connectivity index (χ2n) is 3.80. The summed E-state index contributed by atoms with van der Waals surface area (Å²) in [5.74, 6) is 1.25. The van der Waals surface area contributed by atoms with Gasteiger partial charge in [0.05, 0.1) is 16.8 Å². The quantitative estimate of drug-likeness (QED) is 0.781. The molecule has 4 heteroatoms. The fourth-order valence-corrected chi connectivity index (χ4v) is 3.46. The number of halogens is 1. The summed E-state index contributed by atoms with van der Waals surface area (Å²) in [4.78, 5) is 5.84. The van der Waals surface area contributed by atoms with Crippen LogP contribution in [-0.4, -0.2) is 12.1 Å². The predicted molar refractivity (Wildman–Crippen MR) is 75.2 cm³/mol. The molecule has 0 saturated carbocycles. The first-order valence-corrected chi connectivity index (χ1v) is 7.20. The number of alkyl halides is 1. The zero-order valence-electron chi connectivity index (χ0n) is 9.76. The molecule has 2 aromatic heterocycles. The first kappa shape index (κ1) is 12.6. The van der Waals surface area contributed by atoms with Crippen LogP contribution >= 0.6 is 27.3 Å². The van der Waals surface area contributed by atoms with Crippen molar-refractivity contribution in [1.29, 1.82) is 0 Å². The van der Waals surface area contributed by atoms with E-state index in [0.717, 1.165) is 11.4 Å². The van der Waals surface area contributed by atoms with Crippen LogP contribution in [0, 0.1) is 0 Å². The van der Waals surface area contributed by atoms with Crippen molar-refractivity contribution >= 4 is 27.3 Å². The molecule has 0 N–H and O–H groups in total. The van der Waals surface area contributed by atoms with Crippen molar-refractivity contribution in [2.75, 3.05) is 7.11 Å². The molecule has 0 bridgehead atoms. The van der Waals surface area contributed by atoms with Crippen LogP contribution in [0.3, 0.4) is 0 Å². The van der Waals surface area contributed by atoms with Crippen molar-refractivity contribution < 1.29 is 4.74 Å². The molecule has 0 aliphatic heterocycles. The lowest BCUT2D eigenvalue weighted by Gasteiger charge is -2.17. The van der Waals surface area contributed by atoms with Gasteiger partial charge < -0.3 is 4.74 Å². The van der Waals surface area contributed by atoms with Crippen LogP contribution in [0.4, 0.5) is 0 Å². The molecule has 0 aliphatic rings. The lowest BCUT2D eigenvalue weighted by Crippen LogP contribution is -2.03. The van der Waals surface area contributed by atoms with Gasteiger partial charge in [0.25, 0.3) is 0 Å². The second kappa shape index (κ2) is 5.65. The van der Waals surface area contributed by atoms with Crippen LogP contribution in [0.25, 0.3) is 0 Å². The fraction of sp³-hybridized carbons (Fsp3) is 0.308. The summed E-state index contributed by atoms with van der Waals surface area (Å²) in [6, 6.07) is 8.01. The van der Waals surface area contributed by atoms with Crippen LogP contribution in [0.15, 0.2) is 35.8 Å². The van der Waals surface area contributed by atoms with E-state index in [1.807, 2.05) is 29.8 Å². The predicted octanol–water partition coefficient (Wildman–Crippen LogP) is 4.39. The van der Waals surface area contributed by atoms with Gasteiger partial charge in [0.15, 0.2) is 0 Å². The van der Waals surface area contributed by atoms with Crippen molar-refractivity contribution in [3.05, 3.63) is 46.4 Å². The van der Waals surface area contributed by atoms with Crippen molar-refractivity contribution in [1.82, 2.24) is 4.98 Å². The summed E-state index contributed by atoms with van der Waals surface area (Å²) in [5, 5.41) is 2.05. The Morgan fingerprint density at radius 1 is 1.35 bits per heavy atom. The molecule has 0 aliphatic carbocycles. The van der Waals surface area contributed by atoms with Crippen LogP contribution < -0.4 is 4.74 Å². The van der Waals surface area contributed by atoms with Gasteiger partial charge in [-0.2, -0.15) is 0 Å². The summed E-state index contributed by atoms with van der Waals surface area (Å²) in [6.07, 6.45) is 1.83. The molecule has 0 saturated heterocycles. The number of aromatic nitrogens is 1. The van der Waals surface area contributed by atoms with Crippen molar-refractivity contribution in [2.24, 2.45) is 0 Å². The first-order valence-electron chi connectivity index (χ1n) is 5.40. The Morgan fingerprint density at radius 2 is 2.18 bits per heavy atom. The summed E-state index contributed by atoms with van der Waals surface area (Å²) in [7, 11) is 1.71. The number of methoxy groups -OCH3 is 1. The summed E-state index contributed by atoms with van der Waals surface area (Å²) in [6.45, 7) is 2.17. The van der Waals surface area contributed by atoms with Crippen LogP contribution in [0.5, 0.6) is 5.75 Å². The molecule has 2 nitrogen and oxygen atoms in total. The molecule has 0 spiro atoms. The molecule has 2 unspecified atom stereocenters. The van der Waals surface area contributed by atoms with Gasteiger partial charge in [-0.05, 0) is 23.6 Å². The van der Waals surface area contributed by atoms with Gasteiger partial charge in [0.1, 0.15) is 5.75 Å². The van der Waals surface area contributed by atoms with Gasteiger partial charge in [0, 0.05) is 17.8 Å². The fourth-order valence-electron chi connectivity index (χ4n) is 1.70. The van der Waals surface area contributed by atoms with Crippen LogP contribution in [0.1, 0.15) is 28.2 Å². The molecule has 2 atom stereocenters. The van der Waals surface area contributed by atoms with Gasteiger partial charge in [0.2, 0.25) is 0 Å². The van der Waals surface area contributed by atoms with E-state index in [0.29, 0.717) is 5.92 Å². The highest BCUT2D eigenvalue weighted by molar-refractivity contribution is 9.09. The molecule has 2 rings (SSSR count). The topological polar surface area (TPSA) is 22.1 Å². The van der Waals surface area contributed by atoms with E-state index in [9.17, 15) is 0 Å². The van der Waals surface area contributed by atoms with E-state index >= 15 is 0 Å². The molecule has 0 amide bonds. The molecule has 0 aromatic carbocycles. The van der Waals surface area contributed by atoms with E-state index in [4.69, 9.17) is 4.74 Å². The van der Waals surface area contributed by atoms with Crippen LogP contribution in [0.2, 0.25) is 0 Å². The lowest BCUT2D eigenvalue weighted by molar-refractivity contribution is 0.411. The molecule has 90 valence electrons. The Balaban J connectivity index is 2.23. The highest BCUT2D eigenvalue weighted by Crippen LogP contribution is 2.43. The number of hydrogen-bond acceptors (Lipinski definition) is 3. The largest absolute Gasteiger partial charge is 0.496 e. The minimum atomic E-state index is 0.229. The third-order valence-electron chi connectivity index (χ3n) is 2.72. The van der Waals surface area contributed by atoms with Crippen molar-refractivity contribution in [3.8, 4) is 5.75 Å². The second-order valence-corrected chi connectivity index (χ2v) is 5.73. The number of ether oxygens (including phenoxy) is 1. The molecule has 0 fully saturated rings. The highest BCUT2D eigenvalue weighted by atomic mass is 79.9. The summed E-state index contributed by atoms with van der Waals surface area (Å²) < 4.78 is 5.35. The molecular weight excluding hydrogens is 298 g/mol. The SMILES string of the molecule is COc1ccsc1C(Br)C(C)c1ccccn1. The number of pyridine rings is 1. The van der Waals surface area contributed by atoms with Gasteiger partial charge in [-0.1, -0.05) is 28.9 Å². The third kappa shape index (κ3) is 2.69. The molecule has 2 heterocycles. The molecule has 17 heavy (non-hydrogen) atoms. The maximum absolute atomic E-state index is 5.35. The normalized spacial score (nSPS) is 14.3. The third-order valence-corrected chi connectivity index (χ3v) is 5.26. The molecular formula is C13H14BrNOS. The minimum Gasteiger partial charge on any atom is -0.496 e. The maximum atomic E-state index is 5.35. The monoisotopic (exact) mass is 311 g/mol. The minimum absolute atomic E-state index is 0.229. The van der Waals surface area contributed by atoms with Crippen LogP contribution in [-0.2, 0) is 0 Å². The molecule has 0 radical (unpaired) electrons. The van der Waals surface area contributed by atoms with Gasteiger partial charge in [-0.3, -0.25) is 4.98 Å². The smallest absolute Gasteiger partial charge is 0.133 e. The molecule has 2 aromatic rings. The zero-order valence-corrected chi connectivity index (χ0v) is 12.2. The Morgan fingerprint density at radius 3 is 2.82 bits per heavy atom. The summed E-state index contributed by atoms with van der Waals surface area (Å²) >= 11 is 5.45. The van der Waals surface area contributed by atoms with Crippen molar-refractivity contribution in [2.45, 2.75) is 17.7 Å². The Labute approximate surface area is 114 Å².